The molecular weight excluding hydrogens is 176 g/mol. The molecule has 1 fully saturated rings. The summed E-state index contributed by atoms with van der Waals surface area (Å²) in [4.78, 5) is 2.21. The van der Waals surface area contributed by atoms with E-state index in [4.69, 9.17) is 4.74 Å². The summed E-state index contributed by atoms with van der Waals surface area (Å²) in [6, 6.07) is 0. The van der Waals surface area contributed by atoms with Crippen molar-refractivity contribution in [1.29, 1.82) is 0 Å². The van der Waals surface area contributed by atoms with Crippen LogP contribution in [0.25, 0.3) is 0 Å². The molecule has 0 aliphatic heterocycles. The molecule has 1 N–H and O–H groups in total. The van der Waals surface area contributed by atoms with Crippen LogP contribution in [0.15, 0.2) is 0 Å². The smallest absolute Gasteiger partial charge is 0.0468 e. The molecule has 0 heterocycles. The van der Waals surface area contributed by atoms with Crippen LogP contribution in [0.2, 0.25) is 0 Å². The first kappa shape index (κ1) is 12.0. The highest BCUT2D eigenvalue weighted by Crippen LogP contribution is 2.48. The summed E-state index contributed by atoms with van der Waals surface area (Å²) in [6.07, 6.45) is 3.98. The number of likely N-dealkylation sites (N-methyl/N-ethyl adjacent to an activating group) is 1. The van der Waals surface area contributed by atoms with Gasteiger partial charge in [0.25, 0.3) is 0 Å². The number of nitrogens with zero attached hydrogens (tertiary/aromatic N) is 1. The van der Waals surface area contributed by atoms with Crippen LogP contribution >= 0.6 is 0 Å². The Morgan fingerprint density at radius 1 is 1.36 bits per heavy atom. The molecule has 0 saturated heterocycles. The molecule has 0 amide bonds. The fourth-order valence-electron chi connectivity index (χ4n) is 1.67. The van der Waals surface area contributed by atoms with E-state index in [0.717, 1.165) is 19.7 Å². The Bertz CT molecular complexity index is 155. The zero-order valence-corrected chi connectivity index (χ0v) is 9.81. The van der Waals surface area contributed by atoms with E-state index >= 15 is 0 Å². The zero-order valence-electron chi connectivity index (χ0n) is 9.81. The molecular formula is C11H24N2O. The Kier molecular flexibility index (Phi) is 4.85. The summed E-state index contributed by atoms with van der Waals surface area (Å²) in [5.74, 6) is 0. The maximum atomic E-state index is 5.13. The van der Waals surface area contributed by atoms with Gasteiger partial charge in [0.15, 0.2) is 0 Å². The van der Waals surface area contributed by atoms with Crippen LogP contribution in [-0.4, -0.2) is 52.3 Å². The first-order valence-electron chi connectivity index (χ1n) is 5.53. The molecule has 0 aromatic heterocycles. The van der Waals surface area contributed by atoms with Crippen molar-refractivity contribution in [2.45, 2.75) is 19.3 Å². The minimum Gasteiger partial charge on any atom is -0.385 e. The van der Waals surface area contributed by atoms with E-state index < -0.39 is 0 Å². The van der Waals surface area contributed by atoms with Gasteiger partial charge >= 0.3 is 0 Å². The molecule has 0 aromatic carbocycles. The molecule has 1 aliphatic rings. The monoisotopic (exact) mass is 200 g/mol. The van der Waals surface area contributed by atoms with Crippen molar-refractivity contribution in [3.63, 3.8) is 0 Å². The van der Waals surface area contributed by atoms with E-state index in [1.165, 1.54) is 25.8 Å². The summed E-state index contributed by atoms with van der Waals surface area (Å²) in [5.41, 5.74) is 0.586. The van der Waals surface area contributed by atoms with Gasteiger partial charge in [-0.15, -0.1) is 0 Å². The van der Waals surface area contributed by atoms with Gasteiger partial charge in [-0.1, -0.05) is 0 Å². The molecule has 1 saturated carbocycles. The lowest BCUT2D eigenvalue weighted by atomic mass is 10.0. The molecule has 0 radical (unpaired) electrons. The minimum absolute atomic E-state index is 0.586. The predicted molar refractivity (Wildman–Crippen MR) is 59.6 cm³/mol. The molecule has 1 aliphatic carbocycles. The second-order valence-electron chi connectivity index (χ2n) is 4.72. The minimum atomic E-state index is 0.586. The lowest BCUT2D eigenvalue weighted by Gasteiger charge is -2.16. The van der Waals surface area contributed by atoms with Crippen molar-refractivity contribution in [2.75, 3.05) is 47.4 Å². The van der Waals surface area contributed by atoms with Crippen molar-refractivity contribution < 1.29 is 4.74 Å². The van der Waals surface area contributed by atoms with Crippen molar-refractivity contribution in [3.05, 3.63) is 0 Å². The van der Waals surface area contributed by atoms with Gasteiger partial charge in [0, 0.05) is 33.4 Å². The number of hydrogen-bond acceptors (Lipinski definition) is 3. The van der Waals surface area contributed by atoms with Gasteiger partial charge in [-0.05, 0) is 38.8 Å². The van der Waals surface area contributed by atoms with Crippen molar-refractivity contribution in [3.8, 4) is 0 Å². The van der Waals surface area contributed by atoms with Crippen molar-refractivity contribution in [1.82, 2.24) is 10.2 Å². The van der Waals surface area contributed by atoms with Gasteiger partial charge in [0.2, 0.25) is 0 Å². The standard InChI is InChI=1S/C11H24N2O/c1-13(2)8-7-12-10-11(4-5-11)6-9-14-3/h12H,4-10H2,1-3H3. The van der Waals surface area contributed by atoms with Gasteiger partial charge < -0.3 is 15.0 Å². The third-order valence-corrected chi connectivity index (χ3v) is 3.03. The molecule has 0 bridgehead atoms. The van der Waals surface area contributed by atoms with E-state index in [1.807, 2.05) is 0 Å². The third kappa shape index (κ3) is 4.40. The van der Waals surface area contributed by atoms with Crippen LogP contribution in [0.5, 0.6) is 0 Å². The fraction of sp³-hybridized carbons (Fsp3) is 1.00. The third-order valence-electron chi connectivity index (χ3n) is 3.03. The van der Waals surface area contributed by atoms with Crippen LogP contribution < -0.4 is 5.32 Å². The van der Waals surface area contributed by atoms with Gasteiger partial charge in [-0.3, -0.25) is 0 Å². The molecule has 0 atom stereocenters. The maximum Gasteiger partial charge on any atom is 0.0468 e. The van der Waals surface area contributed by atoms with Crippen LogP contribution in [0, 0.1) is 5.41 Å². The lowest BCUT2D eigenvalue weighted by molar-refractivity contribution is 0.171. The lowest BCUT2D eigenvalue weighted by Crippen LogP contribution is -2.31. The molecule has 84 valence electrons. The molecule has 0 spiro atoms. The second-order valence-corrected chi connectivity index (χ2v) is 4.72. The maximum absolute atomic E-state index is 5.13. The Hall–Kier alpha value is -0.120. The van der Waals surface area contributed by atoms with E-state index in [1.54, 1.807) is 7.11 Å². The largest absolute Gasteiger partial charge is 0.385 e. The highest BCUT2D eigenvalue weighted by atomic mass is 16.5. The van der Waals surface area contributed by atoms with E-state index in [-0.39, 0.29) is 0 Å². The Balaban J connectivity index is 2.00. The van der Waals surface area contributed by atoms with Gasteiger partial charge in [0.1, 0.15) is 0 Å². The summed E-state index contributed by atoms with van der Waals surface area (Å²) in [6.45, 7) is 4.31. The second kappa shape index (κ2) is 5.69. The van der Waals surface area contributed by atoms with Crippen LogP contribution in [0.1, 0.15) is 19.3 Å². The van der Waals surface area contributed by atoms with E-state index in [9.17, 15) is 0 Å². The van der Waals surface area contributed by atoms with Crippen molar-refractivity contribution in [2.24, 2.45) is 5.41 Å². The zero-order chi connectivity index (χ0) is 10.4. The molecule has 14 heavy (non-hydrogen) atoms. The van der Waals surface area contributed by atoms with Crippen molar-refractivity contribution >= 4 is 0 Å². The van der Waals surface area contributed by atoms with Crippen LogP contribution in [-0.2, 0) is 4.74 Å². The van der Waals surface area contributed by atoms with Gasteiger partial charge in [-0.2, -0.15) is 0 Å². The molecule has 0 unspecified atom stereocenters. The van der Waals surface area contributed by atoms with E-state index in [0.29, 0.717) is 5.41 Å². The first-order valence-corrected chi connectivity index (χ1v) is 5.53. The number of methoxy groups -OCH3 is 1. The highest BCUT2D eigenvalue weighted by Gasteiger charge is 2.41. The Labute approximate surface area is 87.8 Å². The summed E-state index contributed by atoms with van der Waals surface area (Å²) in [5, 5.41) is 3.53. The normalized spacial score (nSPS) is 18.9. The van der Waals surface area contributed by atoms with Crippen LogP contribution in [0.3, 0.4) is 0 Å². The van der Waals surface area contributed by atoms with E-state index in [2.05, 4.69) is 24.3 Å². The number of hydrogen-bond donors (Lipinski definition) is 1. The average Bonchev–Trinajstić information content (AvgIpc) is 2.90. The average molecular weight is 200 g/mol. The highest BCUT2D eigenvalue weighted by molar-refractivity contribution is 4.94. The molecule has 3 nitrogen and oxygen atoms in total. The molecule has 0 aromatic rings. The summed E-state index contributed by atoms with van der Waals surface area (Å²) >= 11 is 0. The number of ether oxygens (including phenoxy) is 1. The van der Waals surface area contributed by atoms with Crippen LogP contribution in [0.4, 0.5) is 0 Å². The molecule has 3 heteroatoms. The first-order chi connectivity index (χ1) is 6.68. The molecule has 1 rings (SSSR count). The Morgan fingerprint density at radius 2 is 2.07 bits per heavy atom. The van der Waals surface area contributed by atoms with Gasteiger partial charge in [0.05, 0.1) is 0 Å². The predicted octanol–water partition coefficient (Wildman–Crippen LogP) is 0.954. The summed E-state index contributed by atoms with van der Waals surface area (Å²) < 4.78 is 5.13. The number of rotatable bonds is 8. The summed E-state index contributed by atoms with van der Waals surface area (Å²) in [7, 11) is 6.01. The quantitative estimate of drug-likeness (QED) is 0.591. The fourth-order valence-corrected chi connectivity index (χ4v) is 1.67. The topological polar surface area (TPSA) is 24.5 Å². The number of nitrogens with one attached hydrogen (secondary N) is 1. The van der Waals surface area contributed by atoms with Gasteiger partial charge in [-0.25, -0.2) is 0 Å². The SMILES string of the molecule is COCCC1(CNCCN(C)C)CC1. The Morgan fingerprint density at radius 3 is 2.57 bits per heavy atom.